The maximum absolute atomic E-state index is 4.45. The second-order valence-corrected chi connectivity index (χ2v) is 5.29. The molecule has 1 aromatic carbocycles. The Morgan fingerprint density at radius 3 is 2.67 bits per heavy atom. The van der Waals surface area contributed by atoms with Crippen molar-refractivity contribution in [3.05, 3.63) is 48.2 Å². The SMILES string of the molecule is Cc1ccccc1-c1n(I)c2ncccc2[n+]1C. The predicted molar refractivity (Wildman–Crippen MR) is 80.5 cm³/mol. The van der Waals surface area contributed by atoms with Crippen LogP contribution < -0.4 is 4.57 Å². The highest BCUT2D eigenvalue weighted by Crippen LogP contribution is 2.25. The molecule has 0 aliphatic heterocycles. The van der Waals surface area contributed by atoms with Gasteiger partial charge in [-0.15, -0.1) is 2.78 Å². The first-order chi connectivity index (χ1) is 8.70. The Morgan fingerprint density at radius 2 is 1.94 bits per heavy atom. The first-order valence-corrected chi connectivity index (χ1v) is 6.74. The number of hydrogen-bond acceptors (Lipinski definition) is 1. The molecule has 4 heteroatoms. The molecule has 0 bridgehead atoms. The number of fused-ring (bicyclic) bond motifs is 1. The van der Waals surface area contributed by atoms with E-state index in [1.54, 1.807) is 0 Å². The molecule has 2 heterocycles. The topological polar surface area (TPSA) is 21.7 Å². The molecule has 3 aromatic rings. The number of imidazole rings is 1. The van der Waals surface area contributed by atoms with Crippen molar-refractivity contribution in [3.63, 3.8) is 0 Å². The number of aromatic nitrogens is 3. The smallest absolute Gasteiger partial charge is 0.224 e. The molecule has 0 amide bonds. The lowest BCUT2D eigenvalue weighted by molar-refractivity contribution is -0.633. The van der Waals surface area contributed by atoms with Crippen molar-refractivity contribution in [1.29, 1.82) is 0 Å². The van der Waals surface area contributed by atoms with Crippen molar-refractivity contribution in [3.8, 4) is 11.4 Å². The fraction of sp³-hybridized carbons (Fsp3) is 0.143. The maximum atomic E-state index is 4.45. The van der Waals surface area contributed by atoms with Gasteiger partial charge < -0.3 is 0 Å². The summed E-state index contributed by atoms with van der Waals surface area (Å²) in [6.07, 6.45) is 1.83. The van der Waals surface area contributed by atoms with Gasteiger partial charge in [0.1, 0.15) is 0 Å². The molecule has 3 nitrogen and oxygen atoms in total. The average molecular weight is 350 g/mol. The normalized spacial score (nSPS) is 11.1. The molecular formula is C14H13IN3+. The second-order valence-electron chi connectivity index (χ2n) is 4.32. The molecule has 0 saturated carbocycles. The van der Waals surface area contributed by atoms with Crippen LogP contribution in [0.2, 0.25) is 0 Å². The van der Waals surface area contributed by atoms with Gasteiger partial charge in [-0.1, -0.05) is 18.2 Å². The van der Waals surface area contributed by atoms with Gasteiger partial charge in [0.25, 0.3) is 11.5 Å². The fourth-order valence-electron chi connectivity index (χ4n) is 2.26. The van der Waals surface area contributed by atoms with E-state index in [-0.39, 0.29) is 0 Å². The van der Waals surface area contributed by atoms with Gasteiger partial charge in [0, 0.05) is 6.20 Å². The molecule has 0 spiro atoms. The van der Waals surface area contributed by atoms with Crippen LogP contribution in [0.4, 0.5) is 0 Å². The lowest BCUT2D eigenvalue weighted by Crippen LogP contribution is -2.29. The van der Waals surface area contributed by atoms with E-state index in [4.69, 9.17) is 0 Å². The minimum Gasteiger partial charge on any atom is -0.224 e. The fourth-order valence-corrected chi connectivity index (χ4v) is 3.21. The van der Waals surface area contributed by atoms with Gasteiger partial charge >= 0.3 is 0 Å². The summed E-state index contributed by atoms with van der Waals surface area (Å²) in [5, 5.41) is 0. The Kier molecular flexibility index (Phi) is 2.81. The highest BCUT2D eigenvalue weighted by molar-refractivity contribution is 14.1. The minimum absolute atomic E-state index is 0.999. The third-order valence-corrected chi connectivity index (χ3v) is 4.12. The van der Waals surface area contributed by atoms with Gasteiger partial charge in [-0.2, -0.15) is 0 Å². The Morgan fingerprint density at radius 1 is 1.17 bits per heavy atom. The summed E-state index contributed by atoms with van der Waals surface area (Å²) in [5.41, 5.74) is 4.66. The van der Waals surface area contributed by atoms with E-state index in [0.29, 0.717) is 0 Å². The van der Waals surface area contributed by atoms with Gasteiger partial charge in [-0.25, -0.2) is 9.55 Å². The summed E-state index contributed by atoms with van der Waals surface area (Å²) in [6, 6.07) is 12.5. The van der Waals surface area contributed by atoms with Gasteiger partial charge in [0.2, 0.25) is 22.9 Å². The molecule has 0 fully saturated rings. The zero-order valence-electron chi connectivity index (χ0n) is 10.3. The standard InChI is InChI=1S/C14H13IN3/c1-10-6-3-4-7-11(10)14-17(2)12-8-5-9-16-13(12)18(14)15/h3-9H,1-2H3/q+1. The molecule has 3 rings (SSSR count). The highest BCUT2D eigenvalue weighted by atomic mass is 127. The van der Waals surface area contributed by atoms with Gasteiger partial charge in [0.05, 0.1) is 12.6 Å². The molecule has 18 heavy (non-hydrogen) atoms. The van der Waals surface area contributed by atoms with E-state index in [9.17, 15) is 0 Å². The van der Waals surface area contributed by atoms with E-state index in [1.807, 2.05) is 12.3 Å². The van der Waals surface area contributed by atoms with Gasteiger partial charge in [-0.3, -0.25) is 0 Å². The Labute approximate surface area is 120 Å². The first kappa shape index (κ1) is 11.6. The van der Waals surface area contributed by atoms with E-state index in [0.717, 1.165) is 11.2 Å². The first-order valence-electron chi connectivity index (χ1n) is 5.78. The number of benzene rings is 1. The molecule has 0 aliphatic carbocycles. The van der Waals surface area contributed by atoms with Crippen LogP contribution in [-0.4, -0.2) is 7.76 Å². The summed E-state index contributed by atoms with van der Waals surface area (Å²) in [4.78, 5) is 4.45. The van der Waals surface area contributed by atoms with Crippen LogP contribution in [0.1, 0.15) is 5.56 Å². The van der Waals surface area contributed by atoms with E-state index in [1.165, 1.54) is 17.0 Å². The van der Waals surface area contributed by atoms with Crippen LogP contribution in [0.25, 0.3) is 22.6 Å². The zero-order valence-corrected chi connectivity index (χ0v) is 12.4. The van der Waals surface area contributed by atoms with Crippen LogP contribution in [-0.2, 0) is 7.05 Å². The summed E-state index contributed by atoms with van der Waals surface area (Å²) in [6.45, 7) is 2.14. The van der Waals surface area contributed by atoms with Crippen LogP contribution in [0.3, 0.4) is 0 Å². The number of hydrogen-bond donors (Lipinski definition) is 0. The number of aryl methyl sites for hydroxylation is 2. The lowest BCUT2D eigenvalue weighted by Gasteiger charge is -2.01. The third-order valence-electron chi connectivity index (χ3n) is 3.20. The van der Waals surface area contributed by atoms with Crippen molar-refractivity contribution in [2.45, 2.75) is 6.92 Å². The molecule has 2 aromatic heterocycles. The molecule has 0 saturated heterocycles. The van der Waals surface area contributed by atoms with Crippen LogP contribution in [0.5, 0.6) is 0 Å². The number of pyridine rings is 1. The Hall–Kier alpha value is -1.43. The summed E-state index contributed by atoms with van der Waals surface area (Å²) < 4.78 is 4.31. The molecule has 0 N–H and O–H groups in total. The van der Waals surface area contributed by atoms with Crippen LogP contribution >= 0.6 is 22.9 Å². The Balaban J connectivity index is 2.40. The molecule has 90 valence electrons. The van der Waals surface area contributed by atoms with Crippen molar-refractivity contribution < 1.29 is 4.57 Å². The average Bonchev–Trinajstić information content (AvgIpc) is 2.64. The zero-order chi connectivity index (χ0) is 12.7. The van der Waals surface area contributed by atoms with E-state index >= 15 is 0 Å². The quantitative estimate of drug-likeness (QED) is 0.488. The van der Waals surface area contributed by atoms with E-state index in [2.05, 4.69) is 79.5 Å². The van der Waals surface area contributed by atoms with Crippen LogP contribution in [0, 0.1) is 6.92 Å². The monoisotopic (exact) mass is 350 g/mol. The van der Waals surface area contributed by atoms with Crippen molar-refractivity contribution >= 4 is 34.0 Å². The number of rotatable bonds is 1. The number of nitrogens with zero attached hydrogens (tertiary/aromatic N) is 3. The van der Waals surface area contributed by atoms with Crippen LogP contribution in [0.15, 0.2) is 42.6 Å². The largest absolute Gasteiger partial charge is 0.299 e. The summed E-state index contributed by atoms with van der Waals surface area (Å²) >= 11 is 2.31. The Bertz CT molecular complexity index is 692. The summed E-state index contributed by atoms with van der Waals surface area (Å²) in [5.74, 6) is 1.17. The van der Waals surface area contributed by atoms with Crippen molar-refractivity contribution in [1.82, 2.24) is 7.76 Å². The molecule has 0 unspecified atom stereocenters. The summed E-state index contributed by atoms with van der Waals surface area (Å²) in [7, 11) is 2.08. The van der Waals surface area contributed by atoms with E-state index < -0.39 is 0 Å². The van der Waals surface area contributed by atoms with Gasteiger partial charge in [0.15, 0.2) is 5.52 Å². The number of halogens is 1. The molecule has 0 aliphatic rings. The second kappa shape index (κ2) is 4.35. The van der Waals surface area contributed by atoms with Gasteiger partial charge in [-0.05, 0) is 30.7 Å². The van der Waals surface area contributed by atoms with Crippen molar-refractivity contribution in [2.24, 2.45) is 7.05 Å². The third kappa shape index (κ3) is 1.63. The minimum atomic E-state index is 0.999. The highest BCUT2D eigenvalue weighted by Gasteiger charge is 2.24. The van der Waals surface area contributed by atoms with Crippen molar-refractivity contribution in [2.75, 3.05) is 0 Å². The maximum Gasteiger partial charge on any atom is 0.299 e. The predicted octanol–water partition coefficient (Wildman–Crippen LogP) is 3.03. The lowest BCUT2D eigenvalue weighted by atomic mass is 10.1. The molecule has 0 radical (unpaired) electrons. The molecular weight excluding hydrogens is 337 g/mol. The molecule has 0 atom stereocenters.